The molecule has 0 bridgehead atoms. The first-order chi connectivity index (χ1) is 9.80. The summed E-state index contributed by atoms with van der Waals surface area (Å²) in [6, 6.07) is 0.510. The van der Waals surface area contributed by atoms with Crippen molar-refractivity contribution in [3.8, 4) is 0 Å². The Hall–Kier alpha value is -0.850. The average Bonchev–Trinajstić information content (AvgIpc) is 2.86. The number of carbonyl (C=O) groups excluding carboxylic acids is 1. The predicted octanol–water partition coefficient (Wildman–Crippen LogP) is 0.604. The first-order valence-electron chi connectivity index (χ1n) is 7.83. The van der Waals surface area contributed by atoms with E-state index in [2.05, 4.69) is 16.8 Å². The zero-order valence-corrected chi connectivity index (χ0v) is 13.7. The minimum Gasteiger partial charge on any atom is -0.444 e. The van der Waals surface area contributed by atoms with E-state index in [-0.39, 0.29) is 18.7 Å². The number of hydrogen-bond acceptors (Lipinski definition) is 5. The molecule has 0 spiro atoms. The summed E-state index contributed by atoms with van der Waals surface area (Å²) in [6.07, 6.45) is 0.735. The SMILES string of the molecule is CN1CCN([C@@H]2CCN(C(=O)OC(C)(C)C)C2)[C@@H](CO)C1. The minimum atomic E-state index is -0.448. The second-order valence-electron chi connectivity index (χ2n) is 7.21. The van der Waals surface area contributed by atoms with Crippen LogP contribution in [0.25, 0.3) is 0 Å². The molecule has 1 N–H and O–H groups in total. The van der Waals surface area contributed by atoms with Crippen molar-refractivity contribution in [3.63, 3.8) is 0 Å². The smallest absolute Gasteiger partial charge is 0.410 e. The van der Waals surface area contributed by atoms with Crippen LogP contribution in [0, 0.1) is 0 Å². The largest absolute Gasteiger partial charge is 0.444 e. The van der Waals surface area contributed by atoms with Crippen LogP contribution in [0.3, 0.4) is 0 Å². The van der Waals surface area contributed by atoms with Crippen LogP contribution in [0.15, 0.2) is 0 Å². The lowest BCUT2D eigenvalue weighted by Gasteiger charge is -2.42. The van der Waals surface area contributed by atoms with E-state index in [1.165, 1.54) is 0 Å². The van der Waals surface area contributed by atoms with E-state index in [9.17, 15) is 9.90 Å². The summed E-state index contributed by atoms with van der Waals surface area (Å²) in [4.78, 5) is 18.5. The molecule has 0 unspecified atom stereocenters. The highest BCUT2D eigenvalue weighted by Crippen LogP contribution is 2.22. The molecule has 0 aliphatic carbocycles. The standard InChI is InChI=1S/C15H29N3O3/c1-15(2,3)21-14(20)17-6-5-12(10-17)18-8-7-16(4)9-13(18)11-19/h12-13,19H,5-11H2,1-4H3/t12-,13-/m1/s1. The lowest BCUT2D eigenvalue weighted by Crippen LogP contribution is -2.57. The Kier molecular flexibility index (Phi) is 5.11. The maximum Gasteiger partial charge on any atom is 0.410 e. The van der Waals surface area contributed by atoms with Crippen LogP contribution in [0.2, 0.25) is 0 Å². The maximum absolute atomic E-state index is 12.1. The molecule has 2 aliphatic heterocycles. The van der Waals surface area contributed by atoms with Gasteiger partial charge in [0.1, 0.15) is 5.60 Å². The van der Waals surface area contributed by atoms with Crippen molar-refractivity contribution >= 4 is 6.09 Å². The number of aliphatic hydroxyl groups is 1. The van der Waals surface area contributed by atoms with E-state index in [1.54, 1.807) is 4.90 Å². The van der Waals surface area contributed by atoms with Crippen molar-refractivity contribution < 1.29 is 14.6 Å². The van der Waals surface area contributed by atoms with Crippen molar-refractivity contribution in [1.82, 2.24) is 14.7 Å². The number of ether oxygens (including phenoxy) is 1. The molecule has 6 nitrogen and oxygen atoms in total. The third-order valence-electron chi connectivity index (χ3n) is 4.23. The number of hydrogen-bond donors (Lipinski definition) is 1. The van der Waals surface area contributed by atoms with Crippen LogP contribution >= 0.6 is 0 Å². The van der Waals surface area contributed by atoms with Gasteiger partial charge >= 0.3 is 6.09 Å². The average molecular weight is 299 g/mol. The van der Waals surface area contributed by atoms with Crippen LogP contribution in [0.5, 0.6) is 0 Å². The Bertz CT molecular complexity index is 370. The molecule has 1 amide bonds. The van der Waals surface area contributed by atoms with E-state index in [0.29, 0.717) is 12.6 Å². The molecule has 0 radical (unpaired) electrons. The van der Waals surface area contributed by atoms with Crippen LogP contribution in [0.1, 0.15) is 27.2 Å². The van der Waals surface area contributed by atoms with Gasteiger partial charge in [-0.25, -0.2) is 4.79 Å². The van der Waals surface area contributed by atoms with E-state index < -0.39 is 5.60 Å². The van der Waals surface area contributed by atoms with Crippen molar-refractivity contribution in [2.45, 2.75) is 44.9 Å². The summed E-state index contributed by atoms with van der Waals surface area (Å²) in [6.45, 7) is 10.1. The zero-order valence-electron chi connectivity index (χ0n) is 13.7. The third kappa shape index (κ3) is 4.31. The molecule has 122 valence electrons. The summed E-state index contributed by atoms with van der Waals surface area (Å²) >= 11 is 0. The molecule has 2 rings (SSSR count). The van der Waals surface area contributed by atoms with Gasteiger partial charge in [-0.2, -0.15) is 0 Å². The van der Waals surface area contributed by atoms with E-state index >= 15 is 0 Å². The number of carbonyl (C=O) groups is 1. The summed E-state index contributed by atoms with van der Waals surface area (Å²) in [7, 11) is 2.08. The van der Waals surface area contributed by atoms with Gasteiger partial charge in [0, 0.05) is 44.8 Å². The number of rotatable bonds is 2. The predicted molar refractivity (Wildman–Crippen MR) is 81.3 cm³/mol. The number of amides is 1. The highest BCUT2D eigenvalue weighted by atomic mass is 16.6. The molecule has 2 aliphatic rings. The molecule has 21 heavy (non-hydrogen) atoms. The molecule has 6 heteroatoms. The molecule has 0 aromatic heterocycles. The first kappa shape index (κ1) is 16.5. The Morgan fingerprint density at radius 1 is 1.24 bits per heavy atom. The van der Waals surface area contributed by atoms with Crippen molar-refractivity contribution in [3.05, 3.63) is 0 Å². The number of likely N-dealkylation sites (tertiary alicyclic amines) is 1. The van der Waals surface area contributed by atoms with Crippen molar-refractivity contribution in [2.24, 2.45) is 0 Å². The fourth-order valence-corrected chi connectivity index (χ4v) is 3.17. The second-order valence-corrected chi connectivity index (χ2v) is 7.21. The topological polar surface area (TPSA) is 56.2 Å². The summed E-state index contributed by atoms with van der Waals surface area (Å²) in [5.74, 6) is 0. The third-order valence-corrected chi connectivity index (χ3v) is 4.23. The van der Waals surface area contributed by atoms with Gasteiger partial charge in [-0.15, -0.1) is 0 Å². The lowest BCUT2D eigenvalue weighted by molar-refractivity contribution is 0.0145. The molecule has 0 aromatic carbocycles. The molecular weight excluding hydrogens is 270 g/mol. The number of likely N-dealkylation sites (N-methyl/N-ethyl adjacent to an activating group) is 1. The van der Waals surface area contributed by atoms with Crippen LogP contribution in [-0.4, -0.2) is 90.0 Å². The summed E-state index contributed by atoms with van der Waals surface area (Å²) < 4.78 is 5.44. The molecule has 2 saturated heterocycles. The van der Waals surface area contributed by atoms with Crippen molar-refractivity contribution in [2.75, 3.05) is 46.4 Å². The molecule has 0 aromatic rings. The highest BCUT2D eigenvalue weighted by molar-refractivity contribution is 5.68. The monoisotopic (exact) mass is 299 g/mol. The van der Waals surface area contributed by atoms with E-state index in [4.69, 9.17) is 4.74 Å². The number of piperazine rings is 1. The van der Waals surface area contributed by atoms with Crippen LogP contribution < -0.4 is 0 Å². The lowest BCUT2D eigenvalue weighted by atomic mass is 10.1. The van der Waals surface area contributed by atoms with Gasteiger partial charge in [-0.3, -0.25) is 4.90 Å². The van der Waals surface area contributed by atoms with Gasteiger partial charge in [-0.1, -0.05) is 0 Å². The fraction of sp³-hybridized carbons (Fsp3) is 0.933. The summed E-state index contributed by atoms with van der Waals surface area (Å²) in [5, 5.41) is 9.59. The quantitative estimate of drug-likeness (QED) is 0.809. The van der Waals surface area contributed by atoms with Gasteiger partial charge in [0.15, 0.2) is 0 Å². The van der Waals surface area contributed by atoms with Gasteiger partial charge in [0.25, 0.3) is 0 Å². The number of nitrogens with zero attached hydrogens (tertiary/aromatic N) is 3. The first-order valence-corrected chi connectivity index (χ1v) is 7.83. The van der Waals surface area contributed by atoms with Gasteiger partial charge in [0.2, 0.25) is 0 Å². The minimum absolute atomic E-state index is 0.173. The van der Waals surface area contributed by atoms with Gasteiger partial charge < -0.3 is 19.6 Å². The maximum atomic E-state index is 12.1. The molecule has 2 heterocycles. The Morgan fingerprint density at radius 3 is 2.57 bits per heavy atom. The van der Waals surface area contributed by atoms with E-state index in [0.717, 1.165) is 32.6 Å². The fourth-order valence-electron chi connectivity index (χ4n) is 3.17. The van der Waals surface area contributed by atoms with E-state index in [1.807, 2.05) is 20.8 Å². The molecule has 2 fully saturated rings. The van der Waals surface area contributed by atoms with Gasteiger partial charge in [0.05, 0.1) is 6.61 Å². The Morgan fingerprint density at radius 2 is 1.95 bits per heavy atom. The Labute approximate surface area is 127 Å². The molecule has 2 atom stereocenters. The second kappa shape index (κ2) is 6.50. The van der Waals surface area contributed by atoms with Crippen molar-refractivity contribution in [1.29, 1.82) is 0 Å². The normalized spacial score (nSPS) is 28.9. The van der Waals surface area contributed by atoms with Crippen LogP contribution in [0.4, 0.5) is 4.79 Å². The number of aliphatic hydroxyl groups excluding tert-OH is 1. The molecular formula is C15H29N3O3. The Balaban J connectivity index is 1.91. The zero-order chi connectivity index (χ0) is 15.6. The van der Waals surface area contributed by atoms with Crippen LogP contribution in [-0.2, 0) is 4.74 Å². The van der Waals surface area contributed by atoms with Gasteiger partial charge in [-0.05, 0) is 34.2 Å². The summed E-state index contributed by atoms with van der Waals surface area (Å²) in [5.41, 5.74) is -0.448. The molecule has 0 saturated carbocycles. The highest BCUT2D eigenvalue weighted by Gasteiger charge is 2.37.